The number of carboxylic acids is 1. The molecular formula is C13H24N2O3. The summed E-state index contributed by atoms with van der Waals surface area (Å²) in [5, 5.41) is 9.10. The van der Waals surface area contributed by atoms with Gasteiger partial charge in [0.25, 0.3) is 0 Å². The van der Waals surface area contributed by atoms with Crippen LogP contribution in [0.5, 0.6) is 0 Å². The maximum absolute atomic E-state index is 12.0. The van der Waals surface area contributed by atoms with E-state index >= 15 is 0 Å². The minimum atomic E-state index is -0.792. The predicted octanol–water partition coefficient (Wildman–Crippen LogP) is 0.896. The van der Waals surface area contributed by atoms with E-state index in [2.05, 4.69) is 13.8 Å². The zero-order chi connectivity index (χ0) is 13.9. The summed E-state index contributed by atoms with van der Waals surface area (Å²) in [7, 11) is 3.94. The van der Waals surface area contributed by atoms with Gasteiger partial charge >= 0.3 is 5.97 Å². The lowest BCUT2D eigenvalue weighted by Gasteiger charge is -2.40. The molecule has 18 heavy (non-hydrogen) atoms. The Bertz CT molecular complexity index is 315. The molecular weight excluding hydrogens is 232 g/mol. The van der Waals surface area contributed by atoms with E-state index in [1.54, 1.807) is 4.90 Å². The predicted molar refractivity (Wildman–Crippen MR) is 69.3 cm³/mol. The molecule has 5 nitrogen and oxygen atoms in total. The second-order valence-electron chi connectivity index (χ2n) is 5.69. The Kier molecular flexibility index (Phi) is 5.14. The lowest BCUT2D eigenvalue weighted by atomic mass is 9.93. The van der Waals surface area contributed by atoms with E-state index in [9.17, 15) is 9.59 Å². The number of hydrogen-bond donors (Lipinski definition) is 1. The van der Waals surface area contributed by atoms with Crippen LogP contribution in [-0.2, 0) is 9.59 Å². The van der Waals surface area contributed by atoms with Crippen LogP contribution in [0, 0.1) is 11.8 Å². The highest BCUT2D eigenvalue weighted by Crippen LogP contribution is 2.23. The van der Waals surface area contributed by atoms with Crippen molar-refractivity contribution in [3.8, 4) is 0 Å². The summed E-state index contributed by atoms with van der Waals surface area (Å²) in [4.78, 5) is 26.9. The summed E-state index contributed by atoms with van der Waals surface area (Å²) in [6.07, 6.45) is 0.824. The molecule has 104 valence electrons. The molecule has 1 rings (SSSR count). The van der Waals surface area contributed by atoms with Crippen LogP contribution in [-0.4, -0.2) is 60.0 Å². The van der Waals surface area contributed by atoms with Crippen molar-refractivity contribution in [2.45, 2.75) is 32.7 Å². The van der Waals surface area contributed by atoms with Crippen molar-refractivity contribution >= 4 is 11.9 Å². The van der Waals surface area contributed by atoms with Crippen LogP contribution in [0.15, 0.2) is 0 Å². The Balaban J connectivity index is 2.80. The summed E-state index contributed by atoms with van der Waals surface area (Å²) in [5.74, 6) is -0.789. The first-order valence-electron chi connectivity index (χ1n) is 6.50. The van der Waals surface area contributed by atoms with Crippen molar-refractivity contribution < 1.29 is 14.7 Å². The van der Waals surface area contributed by atoms with E-state index in [4.69, 9.17) is 5.11 Å². The molecule has 0 saturated carbocycles. The highest BCUT2D eigenvalue weighted by Gasteiger charge is 2.35. The van der Waals surface area contributed by atoms with Gasteiger partial charge in [0, 0.05) is 25.6 Å². The maximum atomic E-state index is 12.0. The number of carbonyl (C=O) groups is 2. The Morgan fingerprint density at radius 2 is 2.11 bits per heavy atom. The minimum absolute atomic E-state index is 0.0908. The summed E-state index contributed by atoms with van der Waals surface area (Å²) >= 11 is 0. The van der Waals surface area contributed by atoms with Gasteiger partial charge in [0.05, 0.1) is 5.92 Å². The summed E-state index contributed by atoms with van der Waals surface area (Å²) in [6.45, 7) is 5.28. The summed E-state index contributed by atoms with van der Waals surface area (Å²) in [6, 6.07) is 0.0923. The van der Waals surface area contributed by atoms with Gasteiger partial charge in [-0.1, -0.05) is 13.8 Å². The summed E-state index contributed by atoms with van der Waals surface area (Å²) < 4.78 is 0. The monoisotopic (exact) mass is 256 g/mol. The van der Waals surface area contributed by atoms with Crippen molar-refractivity contribution in [1.82, 2.24) is 9.80 Å². The van der Waals surface area contributed by atoms with Gasteiger partial charge in [0.15, 0.2) is 0 Å². The molecule has 0 aromatic heterocycles. The van der Waals surface area contributed by atoms with E-state index in [0.29, 0.717) is 25.3 Å². The molecule has 1 fully saturated rings. The third-order valence-electron chi connectivity index (χ3n) is 3.52. The fourth-order valence-corrected chi connectivity index (χ4v) is 2.44. The van der Waals surface area contributed by atoms with Crippen LogP contribution < -0.4 is 0 Å². The number of carbonyl (C=O) groups excluding carboxylic acids is 1. The average Bonchev–Trinajstić information content (AvgIpc) is 2.26. The third kappa shape index (κ3) is 3.70. The highest BCUT2D eigenvalue weighted by atomic mass is 16.4. The minimum Gasteiger partial charge on any atom is -0.481 e. The van der Waals surface area contributed by atoms with Gasteiger partial charge in [-0.15, -0.1) is 0 Å². The second-order valence-corrected chi connectivity index (χ2v) is 5.69. The van der Waals surface area contributed by atoms with E-state index in [-0.39, 0.29) is 11.9 Å². The summed E-state index contributed by atoms with van der Waals surface area (Å²) in [5.41, 5.74) is 0. The van der Waals surface area contributed by atoms with Crippen LogP contribution in [0.2, 0.25) is 0 Å². The first-order chi connectivity index (χ1) is 8.32. The maximum Gasteiger partial charge on any atom is 0.308 e. The Morgan fingerprint density at radius 3 is 2.56 bits per heavy atom. The molecule has 1 aliphatic rings. The van der Waals surface area contributed by atoms with Crippen LogP contribution >= 0.6 is 0 Å². The molecule has 0 bridgehead atoms. The first kappa shape index (κ1) is 15.0. The largest absolute Gasteiger partial charge is 0.481 e. The zero-order valence-electron chi connectivity index (χ0n) is 11.7. The number of carboxylic acid groups (broad SMARTS) is 1. The molecule has 2 atom stereocenters. The molecule has 0 spiro atoms. The van der Waals surface area contributed by atoms with Crippen LogP contribution in [0.3, 0.4) is 0 Å². The number of nitrogens with zero attached hydrogens (tertiary/aromatic N) is 2. The highest BCUT2D eigenvalue weighted by molar-refractivity contribution is 5.80. The normalized spacial score (nSPS) is 22.7. The van der Waals surface area contributed by atoms with Gasteiger partial charge in [-0.05, 0) is 26.4 Å². The molecule has 1 amide bonds. The van der Waals surface area contributed by atoms with Crippen molar-refractivity contribution in [3.05, 3.63) is 0 Å². The second kappa shape index (κ2) is 6.18. The molecule has 0 aliphatic carbocycles. The topological polar surface area (TPSA) is 60.9 Å². The van der Waals surface area contributed by atoms with Crippen molar-refractivity contribution in [1.29, 1.82) is 0 Å². The molecule has 2 unspecified atom stereocenters. The molecule has 0 aromatic carbocycles. The van der Waals surface area contributed by atoms with Gasteiger partial charge in [0.2, 0.25) is 5.91 Å². The molecule has 1 heterocycles. The number of aliphatic carboxylic acids is 1. The standard InChI is InChI=1S/C13H24N2O3/c1-9(2)11(8-14(3)4)15-7-10(13(17)18)5-6-12(15)16/h9-11H,5-8H2,1-4H3,(H,17,18). The van der Waals surface area contributed by atoms with Gasteiger partial charge in [-0.25, -0.2) is 0 Å². The lowest BCUT2D eigenvalue weighted by Crippen LogP contribution is -2.53. The molecule has 1 saturated heterocycles. The van der Waals surface area contributed by atoms with Crippen LogP contribution in [0.25, 0.3) is 0 Å². The van der Waals surface area contributed by atoms with Crippen molar-refractivity contribution in [2.75, 3.05) is 27.2 Å². The molecule has 5 heteroatoms. The quantitative estimate of drug-likeness (QED) is 0.794. The smallest absolute Gasteiger partial charge is 0.308 e. The zero-order valence-corrected chi connectivity index (χ0v) is 11.7. The average molecular weight is 256 g/mol. The Labute approximate surface area is 109 Å². The number of likely N-dealkylation sites (N-methyl/N-ethyl adjacent to an activating group) is 1. The van der Waals surface area contributed by atoms with Crippen LogP contribution in [0.4, 0.5) is 0 Å². The van der Waals surface area contributed by atoms with E-state index in [1.807, 2.05) is 19.0 Å². The molecule has 1 N–H and O–H groups in total. The van der Waals surface area contributed by atoms with Crippen molar-refractivity contribution in [3.63, 3.8) is 0 Å². The van der Waals surface area contributed by atoms with Crippen LogP contribution in [0.1, 0.15) is 26.7 Å². The van der Waals surface area contributed by atoms with Gasteiger partial charge in [-0.2, -0.15) is 0 Å². The first-order valence-corrected chi connectivity index (χ1v) is 6.50. The Hall–Kier alpha value is -1.10. The fourth-order valence-electron chi connectivity index (χ4n) is 2.44. The number of rotatable bonds is 5. The van der Waals surface area contributed by atoms with Gasteiger partial charge in [0.1, 0.15) is 0 Å². The lowest BCUT2D eigenvalue weighted by molar-refractivity contribution is -0.149. The molecule has 0 radical (unpaired) electrons. The fraction of sp³-hybridized carbons (Fsp3) is 0.846. The van der Waals surface area contributed by atoms with Gasteiger partial charge < -0.3 is 14.9 Å². The van der Waals surface area contributed by atoms with E-state index in [1.165, 1.54) is 0 Å². The van der Waals surface area contributed by atoms with Crippen molar-refractivity contribution in [2.24, 2.45) is 11.8 Å². The van der Waals surface area contributed by atoms with Gasteiger partial charge in [-0.3, -0.25) is 9.59 Å². The van der Waals surface area contributed by atoms with E-state index < -0.39 is 11.9 Å². The number of amides is 1. The number of likely N-dealkylation sites (tertiary alicyclic amines) is 1. The van der Waals surface area contributed by atoms with E-state index in [0.717, 1.165) is 6.54 Å². The molecule has 0 aromatic rings. The number of hydrogen-bond acceptors (Lipinski definition) is 3. The number of piperidine rings is 1. The third-order valence-corrected chi connectivity index (χ3v) is 3.52. The molecule has 1 aliphatic heterocycles. The SMILES string of the molecule is CC(C)C(CN(C)C)N1CC(C(=O)O)CCC1=O. The Morgan fingerprint density at radius 1 is 1.50 bits per heavy atom.